The Bertz CT molecular complexity index is 1750. The van der Waals surface area contributed by atoms with E-state index in [0.29, 0.717) is 55.4 Å². The van der Waals surface area contributed by atoms with Crippen LogP contribution in [-0.2, 0) is 23.3 Å². The average molecular weight is 613 g/mol. The molecule has 0 aliphatic heterocycles. The van der Waals surface area contributed by atoms with Crippen LogP contribution in [-0.4, -0.2) is 43.7 Å². The molecule has 3 N–H and O–H groups in total. The van der Waals surface area contributed by atoms with Crippen molar-refractivity contribution in [2.75, 3.05) is 18.5 Å². The van der Waals surface area contributed by atoms with Gasteiger partial charge >= 0.3 is 0 Å². The van der Waals surface area contributed by atoms with Gasteiger partial charge < -0.3 is 20.5 Å². The number of rotatable bonds is 13. The third-order valence-electron chi connectivity index (χ3n) is 7.52. The molecule has 0 saturated carbocycles. The van der Waals surface area contributed by atoms with Crippen molar-refractivity contribution in [2.45, 2.75) is 65.5 Å². The first-order valence-electron chi connectivity index (χ1n) is 15.3. The van der Waals surface area contributed by atoms with Crippen molar-refractivity contribution < 1.29 is 19.0 Å². The van der Waals surface area contributed by atoms with E-state index in [1.54, 1.807) is 21.6 Å². The van der Waals surface area contributed by atoms with Crippen LogP contribution >= 0.6 is 0 Å². The summed E-state index contributed by atoms with van der Waals surface area (Å²) in [6.45, 7) is 9.84. The fraction of sp³-hybridized carbons (Fsp3) is 0.343. The molecule has 2 heterocycles. The van der Waals surface area contributed by atoms with E-state index in [1.165, 1.54) is 12.1 Å². The minimum Gasteiger partial charge on any atom is -0.457 e. The number of hydrogen-bond donors (Lipinski definition) is 3. The number of ether oxygens (including phenoxy) is 1. The van der Waals surface area contributed by atoms with Crippen molar-refractivity contribution in [3.63, 3.8) is 0 Å². The normalized spacial score (nSPS) is 11.7. The summed E-state index contributed by atoms with van der Waals surface area (Å²) in [5.74, 6) is 1.43. The Labute approximate surface area is 263 Å². The molecule has 0 unspecified atom stereocenters. The van der Waals surface area contributed by atoms with E-state index in [2.05, 4.69) is 36.5 Å². The summed E-state index contributed by atoms with van der Waals surface area (Å²) in [5.41, 5.74) is 4.39. The highest BCUT2D eigenvalue weighted by Gasteiger charge is 2.21. The second-order valence-corrected chi connectivity index (χ2v) is 12.3. The Hall–Kier alpha value is -4.54. The van der Waals surface area contributed by atoms with Gasteiger partial charge in [-0.1, -0.05) is 38.5 Å². The summed E-state index contributed by atoms with van der Waals surface area (Å²) < 4.78 is 23.8. The first kappa shape index (κ1) is 31.9. The summed E-state index contributed by atoms with van der Waals surface area (Å²) in [7, 11) is 0. The quantitative estimate of drug-likeness (QED) is 0.129. The number of nitrogens with one attached hydrogen (secondary N) is 2. The molecule has 2 aromatic heterocycles. The molecule has 0 bridgehead atoms. The van der Waals surface area contributed by atoms with Gasteiger partial charge in [-0.05, 0) is 74.8 Å². The average Bonchev–Trinajstić information content (AvgIpc) is 3.61. The van der Waals surface area contributed by atoms with Gasteiger partial charge in [-0.3, -0.25) is 9.48 Å². The topological polar surface area (TPSA) is 106 Å². The number of halogens is 1. The molecule has 0 aliphatic rings. The van der Waals surface area contributed by atoms with E-state index in [0.717, 1.165) is 34.3 Å². The smallest absolute Gasteiger partial charge is 0.225 e. The number of hydrogen-bond acceptors (Lipinski definition) is 6. The lowest BCUT2D eigenvalue weighted by molar-refractivity contribution is -0.116. The van der Waals surface area contributed by atoms with Crippen LogP contribution in [0.1, 0.15) is 56.9 Å². The van der Waals surface area contributed by atoms with E-state index < -0.39 is 0 Å². The van der Waals surface area contributed by atoms with Crippen molar-refractivity contribution >= 4 is 22.6 Å². The SMILES string of the molecule is Cc1ccc(-n2nc(C(C)(C)C)cc2NC(=O)CCCCNCc2cc(F)ccc2Oc2ccc3c(cnn3CCO)c2)cc1. The van der Waals surface area contributed by atoms with Gasteiger partial charge in [0.1, 0.15) is 23.1 Å². The zero-order valence-electron chi connectivity index (χ0n) is 26.3. The van der Waals surface area contributed by atoms with Crippen LogP contribution in [0.25, 0.3) is 16.6 Å². The van der Waals surface area contributed by atoms with Crippen LogP contribution in [0.2, 0.25) is 0 Å². The summed E-state index contributed by atoms with van der Waals surface area (Å²) in [6.07, 6.45) is 3.57. The van der Waals surface area contributed by atoms with Gasteiger partial charge in [-0.15, -0.1) is 0 Å². The molecular weight excluding hydrogens is 571 g/mol. The Morgan fingerprint density at radius 3 is 2.58 bits per heavy atom. The third-order valence-corrected chi connectivity index (χ3v) is 7.52. The lowest BCUT2D eigenvalue weighted by Crippen LogP contribution is -2.17. The van der Waals surface area contributed by atoms with Crippen LogP contribution in [0.3, 0.4) is 0 Å². The molecule has 3 aromatic carbocycles. The monoisotopic (exact) mass is 612 g/mol. The number of aliphatic hydroxyl groups excluding tert-OH is 1. The highest BCUT2D eigenvalue weighted by molar-refractivity contribution is 5.90. The van der Waals surface area contributed by atoms with Crippen molar-refractivity contribution in [2.24, 2.45) is 0 Å². The van der Waals surface area contributed by atoms with Crippen LogP contribution in [0.5, 0.6) is 11.5 Å². The first-order valence-corrected chi connectivity index (χ1v) is 15.3. The van der Waals surface area contributed by atoms with E-state index in [4.69, 9.17) is 9.84 Å². The number of unbranched alkanes of at least 4 members (excludes halogenated alkanes) is 1. The zero-order chi connectivity index (χ0) is 32.0. The Morgan fingerprint density at radius 1 is 1.02 bits per heavy atom. The molecule has 5 aromatic rings. The Morgan fingerprint density at radius 2 is 1.82 bits per heavy atom. The predicted molar refractivity (Wildman–Crippen MR) is 174 cm³/mol. The fourth-order valence-corrected chi connectivity index (χ4v) is 5.00. The molecule has 0 fully saturated rings. The predicted octanol–water partition coefficient (Wildman–Crippen LogP) is 6.65. The fourth-order valence-electron chi connectivity index (χ4n) is 5.00. The van der Waals surface area contributed by atoms with E-state index >= 15 is 0 Å². The highest BCUT2D eigenvalue weighted by Crippen LogP contribution is 2.29. The maximum absolute atomic E-state index is 14.1. The summed E-state index contributed by atoms with van der Waals surface area (Å²) in [6, 6.07) is 20.1. The minimum atomic E-state index is -0.337. The molecule has 0 aliphatic carbocycles. The molecule has 0 radical (unpaired) electrons. The molecule has 9 nitrogen and oxygen atoms in total. The van der Waals surface area contributed by atoms with Crippen LogP contribution in [0, 0.1) is 12.7 Å². The van der Waals surface area contributed by atoms with Gasteiger partial charge in [0, 0.05) is 35.4 Å². The molecule has 10 heteroatoms. The maximum atomic E-state index is 14.1. The number of carbonyl (C=O) groups is 1. The Kier molecular flexibility index (Phi) is 9.95. The second-order valence-electron chi connectivity index (χ2n) is 12.3. The molecule has 45 heavy (non-hydrogen) atoms. The molecule has 0 saturated heterocycles. The molecule has 1 amide bonds. The van der Waals surface area contributed by atoms with Gasteiger partial charge in [-0.2, -0.15) is 10.2 Å². The Balaban J connectivity index is 1.12. The summed E-state index contributed by atoms with van der Waals surface area (Å²) in [5, 5.41) is 25.6. The van der Waals surface area contributed by atoms with E-state index in [1.807, 2.05) is 55.5 Å². The number of aryl methyl sites for hydroxylation is 1. The number of fused-ring (bicyclic) bond motifs is 1. The molecule has 0 atom stereocenters. The minimum absolute atomic E-state index is 0.00751. The van der Waals surface area contributed by atoms with E-state index in [9.17, 15) is 14.3 Å². The summed E-state index contributed by atoms with van der Waals surface area (Å²) in [4.78, 5) is 12.9. The van der Waals surface area contributed by atoms with Crippen LogP contribution in [0.15, 0.2) is 72.9 Å². The number of amides is 1. The highest BCUT2D eigenvalue weighted by atomic mass is 19.1. The number of nitrogens with zero attached hydrogens (tertiary/aromatic N) is 4. The molecular formula is C35H41FN6O3. The lowest BCUT2D eigenvalue weighted by Gasteiger charge is -2.14. The van der Waals surface area contributed by atoms with Crippen LogP contribution < -0.4 is 15.4 Å². The second kappa shape index (κ2) is 14.0. The van der Waals surface area contributed by atoms with Gasteiger partial charge in [0.2, 0.25) is 5.91 Å². The third kappa shape index (κ3) is 8.14. The van der Waals surface area contributed by atoms with Crippen molar-refractivity contribution in [1.82, 2.24) is 24.9 Å². The molecule has 0 spiro atoms. The number of aliphatic hydroxyl groups is 1. The maximum Gasteiger partial charge on any atom is 0.225 e. The largest absolute Gasteiger partial charge is 0.457 e. The number of benzene rings is 3. The van der Waals surface area contributed by atoms with Crippen LogP contribution in [0.4, 0.5) is 10.2 Å². The van der Waals surface area contributed by atoms with Gasteiger partial charge in [-0.25, -0.2) is 9.07 Å². The van der Waals surface area contributed by atoms with Gasteiger partial charge in [0.05, 0.1) is 36.2 Å². The standard InChI is InChI=1S/C35H41FN6O3/c1-24-8-11-28(12-9-24)42-33(21-32(40-42)35(2,3)4)39-34(44)7-5-6-16-37-22-26-19-27(36)10-15-31(26)45-29-13-14-30-25(20-29)23-38-41(30)17-18-43/h8-15,19-21,23,37,43H,5-7,16-18,22H2,1-4H3,(H,39,44). The molecule has 5 rings (SSSR count). The van der Waals surface area contributed by atoms with Crippen molar-refractivity contribution in [3.8, 4) is 17.2 Å². The molecule has 236 valence electrons. The first-order chi connectivity index (χ1) is 21.6. The van der Waals surface area contributed by atoms with Crippen molar-refractivity contribution in [1.29, 1.82) is 0 Å². The zero-order valence-corrected chi connectivity index (χ0v) is 26.3. The van der Waals surface area contributed by atoms with E-state index in [-0.39, 0.29) is 23.7 Å². The van der Waals surface area contributed by atoms with Gasteiger partial charge in [0.25, 0.3) is 0 Å². The van der Waals surface area contributed by atoms with Gasteiger partial charge in [0.15, 0.2) is 0 Å². The van der Waals surface area contributed by atoms with Crippen molar-refractivity contribution in [3.05, 3.63) is 95.6 Å². The number of anilines is 1. The summed E-state index contributed by atoms with van der Waals surface area (Å²) >= 11 is 0. The number of aromatic nitrogens is 4. The number of carbonyl (C=O) groups excluding carboxylic acids is 1. The lowest BCUT2D eigenvalue weighted by atomic mass is 9.92.